The molecule has 1 aliphatic rings. The maximum atomic E-state index is 13.5. The molecule has 166 valence electrons. The molecule has 4 rings (SSSR count). The Labute approximate surface area is 195 Å². The van der Waals surface area contributed by atoms with Gasteiger partial charge >= 0.3 is 0 Å². The summed E-state index contributed by atoms with van der Waals surface area (Å²) < 4.78 is 10.3. The van der Waals surface area contributed by atoms with Crippen LogP contribution in [0.2, 0.25) is 0 Å². The molecule has 7 heteroatoms. The number of hydrogen-bond donors (Lipinski definition) is 1. The van der Waals surface area contributed by atoms with E-state index in [4.69, 9.17) is 9.47 Å². The molecule has 1 aliphatic heterocycles. The minimum absolute atomic E-state index is 0.00248. The lowest BCUT2D eigenvalue weighted by Crippen LogP contribution is -2.12. The predicted molar refractivity (Wildman–Crippen MR) is 129 cm³/mol. The molecule has 33 heavy (non-hydrogen) atoms. The van der Waals surface area contributed by atoms with Crippen molar-refractivity contribution in [3.63, 3.8) is 0 Å². The van der Waals surface area contributed by atoms with Crippen molar-refractivity contribution in [2.45, 2.75) is 0 Å². The Morgan fingerprint density at radius 2 is 1.39 bits per heavy atom. The molecule has 3 aromatic carbocycles. The molecule has 0 unspecified atom stereocenters. The number of nitrogens with one attached hydrogen (secondary N) is 1. The third-order valence-electron chi connectivity index (χ3n) is 5.22. The number of anilines is 1. The zero-order valence-electron chi connectivity index (χ0n) is 18.1. The van der Waals surface area contributed by atoms with Crippen LogP contribution in [0.5, 0.6) is 11.5 Å². The smallest absolute Gasteiger partial charge is 0.257 e. The third-order valence-corrected chi connectivity index (χ3v) is 6.30. The van der Waals surface area contributed by atoms with Gasteiger partial charge in [0, 0.05) is 22.4 Å². The highest BCUT2D eigenvalue weighted by Gasteiger charge is 2.31. The van der Waals surface area contributed by atoms with Crippen molar-refractivity contribution in [2.24, 2.45) is 0 Å². The molecule has 0 bridgehead atoms. The van der Waals surface area contributed by atoms with Crippen LogP contribution in [0.4, 0.5) is 5.69 Å². The lowest BCUT2D eigenvalue weighted by Gasteiger charge is -2.11. The van der Waals surface area contributed by atoms with E-state index in [9.17, 15) is 14.4 Å². The monoisotopic (exact) mass is 459 g/mol. The number of amides is 1. The van der Waals surface area contributed by atoms with E-state index >= 15 is 0 Å². The fourth-order valence-electron chi connectivity index (χ4n) is 3.47. The molecule has 0 fully saturated rings. The third kappa shape index (κ3) is 4.68. The van der Waals surface area contributed by atoms with Crippen LogP contribution in [-0.4, -0.2) is 37.4 Å². The summed E-state index contributed by atoms with van der Waals surface area (Å²) in [6.45, 7) is 0. The Morgan fingerprint density at radius 1 is 0.818 bits per heavy atom. The number of Topliss-reactive ketones (excluding diaryl/α,β-unsaturated/α-hetero) is 2. The van der Waals surface area contributed by atoms with E-state index in [-0.39, 0.29) is 33.7 Å². The minimum atomic E-state index is -0.363. The largest absolute Gasteiger partial charge is 0.497 e. The molecule has 0 aromatic heterocycles. The van der Waals surface area contributed by atoms with Gasteiger partial charge in [0.2, 0.25) is 0 Å². The Balaban J connectivity index is 1.69. The first-order valence-corrected chi connectivity index (χ1v) is 11.1. The Kier molecular flexibility index (Phi) is 6.60. The fourth-order valence-corrected chi connectivity index (χ4v) is 4.50. The van der Waals surface area contributed by atoms with Crippen LogP contribution in [0.3, 0.4) is 0 Å². The molecule has 0 atom stereocenters. The molecule has 0 spiro atoms. The number of allylic oxidation sites excluding steroid dienone is 1. The van der Waals surface area contributed by atoms with Crippen molar-refractivity contribution in [1.82, 2.24) is 0 Å². The summed E-state index contributed by atoms with van der Waals surface area (Å²) >= 11 is 1.07. The van der Waals surface area contributed by atoms with Gasteiger partial charge in [0.25, 0.3) is 5.91 Å². The molecule has 1 N–H and O–H groups in total. The van der Waals surface area contributed by atoms with Crippen molar-refractivity contribution in [1.29, 1.82) is 0 Å². The fraction of sp³-hybridized carbons (Fsp3) is 0.115. The molecule has 0 aliphatic carbocycles. The molecule has 0 radical (unpaired) electrons. The second-order valence-corrected chi connectivity index (χ2v) is 8.19. The van der Waals surface area contributed by atoms with Crippen molar-refractivity contribution in [3.05, 3.63) is 94.4 Å². The van der Waals surface area contributed by atoms with Crippen molar-refractivity contribution < 1.29 is 23.9 Å². The van der Waals surface area contributed by atoms with E-state index in [2.05, 4.69) is 5.32 Å². The quantitative estimate of drug-likeness (QED) is 0.383. The lowest BCUT2D eigenvalue weighted by molar-refractivity contribution is -0.110. The number of fused-ring (bicyclic) bond motifs is 1. The minimum Gasteiger partial charge on any atom is -0.497 e. The number of para-hydroxylation sites is 1. The van der Waals surface area contributed by atoms with Gasteiger partial charge < -0.3 is 14.8 Å². The van der Waals surface area contributed by atoms with Crippen LogP contribution in [0.15, 0.2) is 77.7 Å². The summed E-state index contributed by atoms with van der Waals surface area (Å²) in [4.78, 5) is 39.4. The van der Waals surface area contributed by atoms with Gasteiger partial charge in [0.1, 0.15) is 11.5 Å². The molecule has 0 saturated carbocycles. The molecule has 6 nitrogen and oxygen atoms in total. The van der Waals surface area contributed by atoms with Crippen molar-refractivity contribution in [2.75, 3.05) is 25.3 Å². The van der Waals surface area contributed by atoms with Crippen molar-refractivity contribution in [3.8, 4) is 11.5 Å². The van der Waals surface area contributed by atoms with Crippen LogP contribution in [-0.2, 0) is 4.79 Å². The molecule has 0 saturated heterocycles. The number of benzene rings is 3. The maximum absolute atomic E-state index is 13.5. The number of methoxy groups -OCH3 is 2. The van der Waals surface area contributed by atoms with Gasteiger partial charge in [-0.1, -0.05) is 18.2 Å². The topological polar surface area (TPSA) is 81.7 Å². The number of thioether (sulfide) groups is 1. The number of carbonyl (C=O) groups is 3. The zero-order chi connectivity index (χ0) is 23.4. The van der Waals surface area contributed by atoms with Crippen LogP contribution < -0.4 is 14.8 Å². The first-order chi connectivity index (χ1) is 16.0. The number of rotatable bonds is 8. The van der Waals surface area contributed by atoms with E-state index < -0.39 is 0 Å². The number of ketones is 2. The predicted octanol–water partition coefficient (Wildman–Crippen LogP) is 4.87. The molecule has 1 heterocycles. The summed E-state index contributed by atoms with van der Waals surface area (Å²) in [6.07, 6.45) is 0. The van der Waals surface area contributed by atoms with Gasteiger partial charge in [-0.2, -0.15) is 0 Å². The molecule has 1 amide bonds. The summed E-state index contributed by atoms with van der Waals surface area (Å²) in [5, 5.41) is 2.80. The molecular weight excluding hydrogens is 438 g/mol. The number of hydrogen-bond acceptors (Lipinski definition) is 6. The van der Waals surface area contributed by atoms with E-state index in [0.717, 1.165) is 11.8 Å². The zero-order valence-corrected chi connectivity index (χ0v) is 18.9. The first-order valence-electron chi connectivity index (χ1n) is 10.2. The Morgan fingerprint density at radius 3 is 2.00 bits per heavy atom. The maximum Gasteiger partial charge on any atom is 0.257 e. The second-order valence-electron chi connectivity index (χ2n) is 7.20. The van der Waals surface area contributed by atoms with Crippen molar-refractivity contribution >= 4 is 40.5 Å². The highest BCUT2D eigenvalue weighted by atomic mass is 32.2. The molecule has 3 aromatic rings. The first kappa shape index (κ1) is 22.4. The standard InChI is InChI=1S/C26H21NO5S/c1-31-18-11-7-16(8-12-18)22(28)15-33-25(24(29)17-9-13-19(32-2)14-10-17)23-20-5-3-4-6-21(20)27-26(23)30/h3-14H,15H2,1-2H3,(H,27,30)/b25-23-. The highest BCUT2D eigenvalue weighted by molar-refractivity contribution is 8.04. The lowest BCUT2D eigenvalue weighted by atomic mass is 10.0. The van der Waals surface area contributed by atoms with Crippen LogP contribution in [0, 0.1) is 0 Å². The normalized spacial score (nSPS) is 13.7. The summed E-state index contributed by atoms with van der Waals surface area (Å²) in [7, 11) is 3.10. The van der Waals surface area contributed by atoms with Gasteiger partial charge in [-0.25, -0.2) is 0 Å². The summed E-state index contributed by atoms with van der Waals surface area (Å²) in [5.41, 5.74) is 2.46. The van der Waals surface area contributed by atoms with Gasteiger partial charge in [0.05, 0.1) is 30.5 Å². The van der Waals surface area contributed by atoms with Crippen LogP contribution in [0.1, 0.15) is 26.3 Å². The number of carbonyl (C=O) groups excluding carboxylic acids is 3. The highest BCUT2D eigenvalue weighted by Crippen LogP contribution is 2.38. The van der Waals surface area contributed by atoms with Gasteiger partial charge in [0.15, 0.2) is 11.6 Å². The van der Waals surface area contributed by atoms with Gasteiger partial charge in [-0.15, -0.1) is 11.8 Å². The summed E-state index contributed by atoms with van der Waals surface area (Å²) in [6, 6.07) is 20.6. The molecular formula is C26H21NO5S. The van der Waals surface area contributed by atoms with Crippen LogP contribution in [0.25, 0.3) is 5.57 Å². The summed E-state index contributed by atoms with van der Waals surface area (Å²) in [5.74, 6) is 0.421. The van der Waals surface area contributed by atoms with E-state index in [1.165, 1.54) is 0 Å². The van der Waals surface area contributed by atoms with E-state index in [1.54, 1.807) is 74.9 Å². The second kappa shape index (κ2) is 9.75. The SMILES string of the molecule is COc1ccc(C(=O)CS/C(C(=O)c2ccc(OC)cc2)=C2\C(=O)Nc3ccccc32)cc1. The van der Waals surface area contributed by atoms with Crippen LogP contribution >= 0.6 is 11.8 Å². The average molecular weight is 460 g/mol. The van der Waals surface area contributed by atoms with E-state index in [0.29, 0.717) is 33.9 Å². The van der Waals surface area contributed by atoms with E-state index in [1.807, 2.05) is 12.1 Å². The number of ether oxygens (including phenoxy) is 2. The Bertz CT molecular complexity index is 1250. The Hall–Kier alpha value is -3.84. The average Bonchev–Trinajstić information content (AvgIpc) is 3.19. The van der Waals surface area contributed by atoms with Gasteiger partial charge in [-0.3, -0.25) is 14.4 Å². The van der Waals surface area contributed by atoms with Gasteiger partial charge in [-0.05, 0) is 54.6 Å².